The van der Waals surface area contributed by atoms with E-state index >= 15 is 0 Å². The Hall–Kier alpha value is -0.280. The van der Waals surface area contributed by atoms with E-state index in [4.69, 9.17) is 11.6 Å². The Bertz CT molecular complexity index is 174. The van der Waals surface area contributed by atoms with Gasteiger partial charge in [-0.2, -0.15) is 0 Å². The number of carbonyl (C=O) groups is 1. The van der Waals surface area contributed by atoms with Crippen molar-refractivity contribution in [3.63, 3.8) is 0 Å². The number of amides is 1. The van der Waals surface area contributed by atoms with Gasteiger partial charge in [0, 0.05) is 26.0 Å². The molecule has 0 aromatic rings. The largest absolute Gasteiger partial charge is 0.343 e. The topological polar surface area (TPSA) is 23.6 Å². The molecule has 1 aliphatic rings. The summed E-state index contributed by atoms with van der Waals surface area (Å²) in [6.07, 6.45) is 0.751. The highest BCUT2D eigenvalue weighted by Gasteiger charge is 2.29. The van der Waals surface area contributed by atoms with Gasteiger partial charge in [-0.05, 0) is 13.5 Å². The van der Waals surface area contributed by atoms with Crippen molar-refractivity contribution in [2.75, 3.05) is 33.1 Å². The van der Waals surface area contributed by atoms with E-state index in [1.54, 1.807) is 4.90 Å². The van der Waals surface area contributed by atoms with Crippen LogP contribution in [0.2, 0.25) is 0 Å². The molecule has 1 rings (SSSR count). The average Bonchev–Trinajstić information content (AvgIpc) is 2.06. The highest BCUT2D eigenvalue weighted by molar-refractivity contribution is 6.18. The van der Waals surface area contributed by atoms with Crippen LogP contribution in [0.15, 0.2) is 0 Å². The third kappa shape index (κ3) is 1.90. The zero-order valence-corrected chi connectivity index (χ0v) is 8.34. The fraction of sp³-hybridized carbons (Fsp3) is 0.875. The average molecular weight is 191 g/mol. The van der Waals surface area contributed by atoms with Crippen molar-refractivity contribution < 1.29 is 4.79 Å². The van der Waals surface area contributed by atoms with Crippen LogP contribution in [0.3, 0.4) is 0 Å². The van der Waals surface area contributed by atoms with Crippen LogP contribution in [-0.2, 0) is 4.79 Å². The summed E-state index contributed by atoms with van der Waals surface area (Å²) >= 11 is 5.62. The van der Waals surface area contributed by atoms with E-state index in [0.29, 0.717) is 5.88 Å². The minimum atomic E-state index is 0.00116. The molecule has 1 unspecified atom stereocenters. The Morgan fingerprint density at radius 1 is 1.50 bits per heavy atom. The molecule has 70 valence electrons. The molecule has 3 nitrogen and oxygen atoms in total. The van der Waals surface area contributed by atoms with Crippen LogP contribution in [-0.4, -0.2) is 54.8 Å². The third-order valence-electron chi connectivity index (χ3n) is 2.36. The summed E-state index contributed by atoms with van der Waals surface area (Å²) in [5.74, 6) is 0.749. The standard InChI is InChI=1S/C8H15ClN2O/c1-10-5-6-11(2)8(12)7(10)3-4-9/h7H,3-6H2,1-2H3. The van der Waals surface area contributed by atoms with Crippen molar-refractivity contribution in [1.82, 2.24) is 9.80 Å². The van der Waals surface area contributed by atoms with Gasteiger partial charge in [-0.1, -0.05) is 0 Å². The molecule has 0 spiro atoms. The van der Waals surface area contributed by atoms with Crippen LogP contribution in [0.25, 0.3) is 0 Å². The van der Waals surface area contributed by atoms with Crippen LogP contribution in [0.5, 0.6) is 0 Å². The first-order chi connectivity index (χ1) is 5.66. The molecule has 1 aliphatic heterocycles. The van der Waals surface area contributed by atoms with Crippen molar-refractivity contribution in [1.29, 1.82) is 0 Å². The molecule has 0 saturated carbocycles. The van der Waals surface area contributed by atoms with Crippen molar-refractivity contribution in [2.24, 2.45) is 0 Å². The molecule has 0 N–H and O–H groups in total. The highest BCUT2D eigenvalue weighted by Crippen LogP contribution is 2.11. The first kappa shape index (κ1) is 9.81. The molecule has 0 aromatic heterocycles. The van der Waals surface area contributed by atoms with Gasteiger partial charge in [0.05, 0.1) is 6.04 Å². The molecular formula is C8H15ClN2O. The van der Waals surface area contributed by atoms with Gasteiger partial charge < -0.3 is 4.90 Å². The Morgan fingerprint density at radius 3 is 2.75 bits per heavy atom. The maximum atomic E-state index is 11.6. The number of rotatable bonds is 2. The van der Waals surface area contributed by atoms with Crippen molar-refractivity contribution >= 4 is 17.5 Å². The van der Waals surface area contributed by atoms with Crippen LogP contribution >= 0.6 is 11.6 Å². The Kier molecular flexibility index (Phi) is 3.35. The zero-order chi connectivity index (χ0) is 9.14. The second-order valence-corrected chi connectivity index (χ2v) is 3.61. The lowest BCUT2D eigenvalue weighted by Gasteiger charge is -2.36. The van der Waals surface area contributed by atoms with E-state index in [1.807, 2.05) is 14.1 Å². The van der Waals surface area contributed by atoms with Crippen LogP contribution in [0, 0.1) is 0 Å². The molecule has 4 heteroatoms. The smallest absolute Gasteiger partial charge is 0.239 e. The van der Waals surface area contributed by atoms with Gasteiger partial charge in [-0.3, -0.25) is 9.69 Å². The van der Waals surface area contributed by atoms with Gasteiger partial charge in [0.2, 0.25) is 5.91 Å². The lowest BCUT2D eigenvalue weighted by Crippen LogP contribution is -2.54. The lowest BCUT2D eigenvalue weighted by atomic mass is 10.1. The highest BCUT2D eigenvalue weighted by atomic mass is 35.5. The summed E-state index contributed by atoms with van der Waals surface area (Å²) in [6, 6.07) is 0.00116. The van der Waals surface area contributed by atoms with E-state index in [0.717, 1.165) is 19.5 Å². The lowest BCUT2D eigenvalue weighted by molar-refractivity contribution is -0.139. The monoisotopic (exact) mass is 190 g/mol. The fourth-order valence-electron chi connectivity index (χ4n) is 1.46. The number of piperazine rings is 1. The Balaban J connectivity index is 2.58. The van der Waals surface area contributed by atoms with E-state index in [9.17, 15) is 4.79 Å². The van der Waals surface area contributed by atoms with Crippen LogP contribution in [0.1, 0.15) is 6.42 Å². The van der Waals surface area contributed by atoms with Gasteiger partial charge in [0.25, 0.3) is 0 Å². The van der Waals surface area contributed by atoms with Gasteiger partial charge in [-0.15, -0.1) is 11.6 Å². The number of carbonyl (C=O) groups excluding carboxylic acids is 1. The normalized spacial score (nSPS) is 26.4. The Morgan fingerprint density at radius 2 is 2.17 bits per heavy atom. The summed E-state index contributed by atoms with van der Waals surface area (Å²) in [4.78, 5) is 15.4. The second-order valence-electron chi connectivity index (χ2n) is 3.23. The summed E-state index contributed by atoms with van der Waals surface area (Å²) in [6.45, 7) is 1.78. The van der Waals surface area contributed by atoms with E-state index in [1.165, 1.54) is 0 Å². The van der Waals surface area contributed by atoms with Gasteiger partial charge in [0.15, 0.2) is 0 Å². The zero-order valence-electron chi connectivity index (χ0n) is 7.59. The minimum absolute atomic E-state index is 0.00116. The second kappa shape index (κ2) is 4.10. The molecule has 0 bridgehead atoms. The molecule has 1 saturated heterocycles. The molecule has 0 aromatic carbocycles. The predicted octanol–water partition coefficient (Wildman–Crippen LogP) is 0.388. The van der Waals surface area contributed by atoms with Gasteiger partial charge in [-0.25, -0.2) is 0 Å². The number of alkyl halides is 1. The molecule has 0 radical (unpaired) electrons. The fourth-order valence-corrected chi connectivity index (χ4v) is 1.67. The van der Waals surface area contributed by atoms with E-state index in [2.05, 4.69) is 4.90 Å². The summed E-state index contributed by atoms with van der Waals surface area (Å²) in [5, 5.41) is 0. The maximum absolute atomic E-state index is 11.6. The first-order valence-electron chi connectivity index (χ1n) is 4.18. The van der Waals surface area contributed by atoms with Crippen molar-refractivity contribution in [3.05, 3.63) is 0 Å². The van der Waals surface area contributed by atoms with Crippen molar-refractivity contribution in [2.45, 2.75) is 12.5 Å². The third-order valence-corrected chi connectivity index (χ3v) is 2.58. The predicted molar refractivity (Wildman–Crippen MR) is 49.4 cm³/mol. The summed E-state index contributed by atoms with van der Waals surface area (Å²) < 4.78 is 0. The Labute approximate surface area is 78.3 Å². The number of halogens is 1. The molecule has 0 aliphatic carbocycles. The number of hydrogen-bond donors (Lipinski definition) is 0. The van der Waals surface area contributed by atoms with Gasteiger partial charge >= 0.3 is 0 Å². The molecule has 1 amide bonds. The number of nitrogens with zero attached hydrogens (tertiary/aromatic N) is 2. The van der Waals surface area contributed by atoms with E-state index < -0.39 is 0 Å². The summed E-state index contributed by atoms with van der Waals surface area (Å²) in [7, 11) is 3.82. The number of hydrogen-bond acceptors (Lipinski definition) is 2. The molecular weight excluding hydrogens is 176 g/mol. The van der Waals surface area contributed by atoms with Crippen LogP contribution in [0.4, 0.5) is 0 Å². The summed E-state index contributed by atoms with van der Waals surface area (Å²) in [5.41, 5.74) is 0. The SMILES string of the molecule is CN1CCN(C)C(CCCl)C1=O. The molecule has 1 atom stereocenters. The van der Waals surface area contributed by atoms with E-state index in [-0.39, 0.29) is 11.9 Å². The minimum Gasteiger partial charge on any atom is -0.343 e. The first-order valence-corrected chi connectivity index (χ1v) is 4.71. The molecule has 1 heterocycles. The maximum Gasteiger partial charge on any atom is 0.239 e. The van der Waals surface area contributed by atoms with Crippen molar-refractivity contribution in [3.8, 4) is 0 Å². The van der Waals surface area contributed by atoms with Crippen LogP contribution < -0.4 is 0 Å². The quantitative estimate of drug-likeness (QED) is 0.589. The molecule has 1 fully saturated rings. The number of likely N-dealkylation sites (N-methyl/N-ethyl adjacent to an activating group) is 2. The molecule has 12 heavy (non-hydrogen) atoms. The van der Waals surface area contributed by atoms with Gasteiger partial charge in [0.1, 0.15) is 0 Å².